The van der Waals surface area contributed by atoms with Crippen LogP contribution in [0.3, 0.4) is 0 Å². The summed E-state index contributed by atoms with van der Waals surface area (Å²) >= 11 is 0. The molecule has 0 N–H and O–H groups in total. The molecule has 1 atom stereocenters. The summed E-state index contributed by atoms with van der Waals surface area (Å²) in [4.78, 5) is 5.14. The topological polar surface area (TPSA) is 6.48 Å². The molecular weight excluding hydrogens is 196 g/mol. The van der Waals surface area contributed by atoms with Crippen molar-refractivity contribution in [3.8, 4) is 0 Å². The van der Waals surface area contributed by atoms with Crippen molar-refractivity contribution >= 4 is 0 Å². The van der Waals surface area contributed by atoms with E-state index in [9.17, 15) is 0 Å². The third-order valence-corrected chi connectivity index (χ3v) is 3.71. The molecule has 2 heteroatoms. The number of hydrogen-bond donors (Lipinski definition) is 0. The van der Waals surface area contributed by atoms with Gasteiger partial charge in [-0.25, -0.2) is 0 Å². The van der Waals surface area contributed by atoms with Crippen molar-refractivity contribution in [2.45, 2.75) is 33.2 Å². The first-order chi connectivity index (χ1) is 7.66. The fourth-order valence-corrected chi connectivity index (χ4v) is 2.58. The van der Waals surface area contributed by atoms with Gasteiger partial charge in [0.05, 0.1) is 0 Å². The zero-order valence-electron chi connectivity index (χ0n) is 10.8. The fraction of sp³-hybridized carbons (Fsp3) is 0.714. The molecule has 2 aliphatic rings. The van der Waals surface area contributed by atoms with Crippen LogP contribution in [0.2, 0.25) is 0 Å². The van der Waals surface area contributed by atoms with Crippen molar-refractivity contribution < 1.29 is 0 Å². The molecule has 0 aromatic rings. The molecule has 0 radical (unpaired) electrons. The summed E-state index contributed by atoms with van der Waals surface area (Å²) in [5.74, 6) is 0.711. The molecule has 1 aliphatic carbocycles. The summed E-state index contributed by atoms with van der Waals surface area (Å²) in [6.45, 7) is 11.7. The van der Waals surface area contributed by atoms with Gasteiger partial charge in [-0.2, -0.15) is 0 Å². The van der Waals surface area contributed by atoms with E-state index in [-0.39, 0.29) is 0 Å². The lowest BCUT2D eigenvalue weighted by molar-refractivity contribution is 0.126. The Labute approximate surface area is 99.6 Å². The highest BCUT2D eigenvalue weighted by Crippen LogP contribution is 2.22. The second-order valence-corrected chi connectivity index (χ2v) is 5.34. The van der Waals surface area contributed by atoms with Crippen molar-refractivity contribution in [2.24, 2.45) is 5.92 Å². The Morgan fingerprint density at radius 1 is 1.19 bits per heavy atom. The lowest BCUT2D eigenvalue weighted by Crippen LogP contribution is -2.48. The van der Waals surface area contributed by atoms with Gasteiger partial charge in [0.25, 0.3) is 0 Å². The fourth-order valence-electron chi connectivity index (χ4n) is 2.58. The van der Waals surface area contributed by atoms with Crippen LogP contribution in [0.5, 0.6) is 0 Å². The summed E-state index contributed by atoms with van der Waals surface area (Å²) in [5, 5.41) is 0. The van der Waals surface area contributed by atoms with E-state index in [0.717, 1.165) is 0 Å². The Bertz CT molecular complexity index is 283. The standard InChI is InChI=1S/C14H24N2/c1-12(2)15-7-9-16(10-8-15)14-6-4-5-13(3)11-14/h4-6,12-13H,7-11H2,1-3H3. The smallest absolute Gasteiger partial charge is 0.0303 e. The summed E-state index contributed by atoms with van der Waals surface area (Å²) in [5.41, 5.74) is 1.54. The van der Waals surface area contributed by atoms with E-state index in [0.29, 0.717) is 12.0 Å². The Morgan fingerprint density at radius 2 is 1.88 bits per heavy atom. The molecule has 1 unspecified atom stereocenters. The van der Waals surface area contributed by atoms with Crippen LogP contribution in [-0.4, -0.2) is 42.0 Å². The van der Waals surface area contributed by atoms with E-state index in [1.165, 1.54) is 32.6 Å². The molecule has 0 aromatic carbocycles. The van der Waals surface area contributed by atoms with Gasteiger partial charge in [-0.1, -0.05) is 19.1 Å². The van der Waals surface area contributed by atoms with E-state index in [4.69, 9.17) is 0 Å². The number of hydrogen-bond acceptors (Lipinski definition) is 2. The third-order valence-electron chi connectivity index (χ3n) is 3.71. The van der Waals surface area contributed by atoms with E-state index in [1.807, 2.05) is 0 Å². The van der Waals surface area contributed by atoms with Gasteiger partial charge in [-0.3, -0.25) is 4.90 Å². The van der Waals surface area contributed by atoms with Crippen LogP contribution >= 0.6 is 0 Å². The van der Waals surface area contributed by atoms with Gasteiger partial charge in [0.1, 0.15) is 0 Å². The third kappa shape index (κ3) is 2.67. The van der Waals surface area contributed by atoms with Crippen LogP contribution in [0.4, 0.5) is 0 Å². The minimum Gasteiger partial charge on any atom is -0.372 e. The average molecular weight is 220 g/mol. The normalized spacial score (nSPS) is 27.4. The predicted molar refractivity (Wildman–Crippen MR) is 69.3 cm³/mol. The van der Waals surface area contributed by atoms with Gasteiger partial charge in [0, 0.05) is 37.9 Å². The minimum absolute atomic E-state index is 0.696. The van der Waals surface area contributed by atoms with Gasteiger partial charge < -0.3 is 4.90 Å². The number of rotatable bonds is 2. The van der Waals surface area contributed by atoms with E-state index in [1.54, 1.807) is 5.70 Å². The lowest BCUT2D eigenvalue weighted by Gasteiger charge is -2.40. The largest absolute Gasteiger partial charge is 0.372 e. The van der Waals surface area contributed by atoms with Gasteiger partial charge in [-0.05, 0) is 32.3 Å². The van der Waals surface area contributed by atoms with Crippen molar-refractivity contribution in [3.63, 3.8) is 0 Å². The molecule has 0 amide bonds. The van der Waals surface area contributed by atoms with Crippen molar-refractivity contribution in [1.82, 2.24) is 9.80 Å². The molecule has 16 heavy (non-hydrogen) atoms. The maximum atomic E-state index is 2.57. The molecular formula is C14H24N2. The van der Waals surface area contributed by atoms with Gasteiger partial charge in [-0.15, -0.1) is 0 Å². The SMILES string of the molecule is CC1C=CC=C(N2CCN(C(C)C)CC2)C1. The lowest BCUT2D eigenvalue weighted by atomic mass is 9.99. The van der Waals surface area contributed by atoms with E-state index >= 15 is 0 Å². The molecule has 2 nitrogen and oxygen atoms in total. The zero-order valence-corrected chi connectivity index (χ0v) is 10.8. The van der Waals surface area contributed by atoms with Crippen molar-refractivity contribution in [1.29, 1.82) is 0 Å². The first-order valence-corrected chi connectivity index (χ1v) is 6.53. The first kappa shape index (κ1) is 11.7. The molecule has 1 saturated heterocycles. The van der Waals surface area contributed by atoms with E-state index in [2.05, 4.69) is 48.8 Å². The van der Waals surface area contributed by atoms with Crippen LogP contribution in [-0.2, 0) is 0 Å². The summed E-state index contributed by atoms with van der Waals surface area (Å²) in [7, 11) is 0. The summed E-state index contributed by atoms with van der Waals surface area (Å²) in [6.07, 6.45) is 8.04. The predicted octanol–water partition coefficient (Wildman–Crippen LogP) is 2.49. The minimum atomic E-state index is 0.696. The second kappa shape index (κ2) is 5.05. The maximum Gasteiger partial charge on any atom is 0.0303 e. The van der Waals surface area contributed by atoms with Crippen LogP contribution in [0, 0.1) is 5.92 Å². The molecule has 0 spiro atoms. The Morgan fingerprint density at radius 3 is 2.44 bits per heavy atom. The maximum absolute atomic E-state index is 2.57. The Kier molecular flexibility index (Phi) is 3.70. The monoisotopic (exact) mass is 220 g/mol. The van der Waals surface area contributed by atoms with E-state index < -0.39 is 0 Å². The summed E-state index contributed by atoms with van der Waals surface area (Å²) in [6, 6.07) is 0.696. The average Bonchev–Trinajstić information content (AvgIpc) is 2.29. The van der Waals surface area contributed by atoms with Gasteiger partial charge >= 0.3 is 0 Å². The first-order valence-electron chi connectivity index (χ1n) is 6.53. The number of piperazine rings is 1. The second-order valence-electron chi connectivity index (χ2n) is 5.34. The Balaban J connectivity index is 1.89. The van der Waals surface area contributed by atoms with Crippen LogP contribution < -0.4 is 0 Å². The zero-order chi connectivity index (χ0) is 11.5. The molecule has 2 rings (SSSR count). The Hall–Kier alpha value is -0.760. The van der Waals surface area contributed by atoms with Crippen molar-refractivity contribution in [3.05, 3.63) is 23.9 Å². The molecule has 0 aromatic heterocycles. The number of nitrogens with zero attached hydrogens (tertiary/aromatic N) is 2. The van der Waals surface area contributed by atoms with Gasteiger partial charge in [0.15, 0.2) is 0 Å². The molecule has 1 fully saturated rings. The summed E-state index contributed by atoms with van der Waals surface area (Å²) < 4.78 is 0. The number of allylic oxidation sites excluding steroid dienone is 4. The molecule has 0 saturated carbocycles. The quantitative estimate of drug-likeness (QED) is 0.705. The van der Waals surface area contributed by atoms with Crippen LogP contribution in [0.25, 0.3) is 0 Å². The van der Waals surface area contributed by atoms with Crippen LogP contribution in [0.1, 0.15) is 27.2 Å². The highest BCUT2D eigenvalue weighted by atomic mass is 15.3. The molecule has 1 aliphatic heterocycles. The molecule has 0 bridgehead atoms. The highest BCUT2D eigenvalue weighted by molar-refractivity contribution is 5.19. The molecule has 1 heterocycles. The van der Waals surface area contributed by atoms with Crippen molar-refractivity contribution in [2.75, 3.05) is 26.2 Å². The molecule has 90 valence electrons. The van der Waals surface area contributed by atoms with Gasteiger partial charge in [0.2, 0.25) is 0 Å². The van der Waals surface area contributed by atoms with Crippen LogP contribution in [0.15, 0.2) is 23.9 Å². The highest BCUT2D eigenvalue weighted by Gasteiger charge is 2.21.